The molecule has 3 aromatic rings. The van der Waals surface area contributed by atoms with Gasteiger partial charge in [-0.2, -0.15) is 0 Å². The second kappa shape index (κ2) is 9.21. The van der Waals surface area contributed by atoms with Crippen LogP contribution in [0.2, 0.25) is 0 Å². The molecule has 1 saturated heterocycles. The Balaban J connectivity index is 1.49. The standard InChI is InChI=1S/C23H28N4O3S/c1-15(2)22(28)25-16-5-6-18-19(13-24-20(18)12-16)21(23(29)30)27-9-7-26(8-10-27)14-17-4-3-11-31-17/h3-6,11-13,15,21,24H,7-10,14H2,1-2H3,(H,25,28)(H,29,30)/t21-/m0/s1. The van der Waals surface area contributed by atoms with Gasteiger partial charge in [-0.1, -0.05) is 26.0 Å². The van der Waals surface area contributed by atoms with Crippen molar-refractivity contribution in [3.8, 4) is 0 Å². The SMILES string of the molecule is CC(C)C(=O)Nc1ccc2c([C@@H](C(=O)O)N3CCN(Cc4cccs4)CC3)c[nH]c2c1. The number of carbonyl (C=O) groups excluding carboxylic acids is 1. The van der Waals surface area contributed by atoms with E-state index in [1.165, 1.54) is 4.88 Å². The predicted molar refractivity (Wildman–Crippen MR) is 123 cm³/mol. The molecule has 1 aromatic carbocycles. The van der Waals surface area contributed by atoms with E-state index >= 15 is 0 Å². The van der Waals surface area contributed by atoms with Crippen molar-refractivity contribution < 1.29 is 14.7 Å². The summed E-state index contributed by atoms with van der Waals surface area (Å²) in [5, 5.41) is 15.9. The first-order chi connectivity index (χ1) is 14.9. The summed E-state index contributed by atoms with van der Waals surface area (Å²) in [4.78, 5) is 33.2. The van der Waals surface area contributed by atoms with Gasteiger partial charge in [-0.25, -0.2) is 0 Å². The van der Waals surface area contributed by atoms with Crippen LogP contribution in [0.15, 0.2) is 41.9 Å². The van der Waals surface area contributed by atoms with Crippen LogP contribution in [0.4, 0.5) is 5.69 Å². The highest BCUT2D eigenvalue weighted by Gasteiger charge is 2.32. The number of aromatic amines is 1. The van der Waals surface area contributed by atoms with Crippen molar-refractivity contribution in [2.75, 3.05) is 31.5 Å². The van der Waals surface area contributed by atoms with Gasteiger partial charge in [0.1, 0.15) is 6.04 Å². The van der Waals surface area contributed by atoms with Crippen molar-refractivity contribution >= 4 is 39.8 Å². The number of rotatable bonds is 7. The normalized spacial score (nSPS) is 16.6. The third-order valence-corrected chi connectivity index (χ3v) is 6.63. The monoisotopic (exact) mass is 440 g/mol. The van der Waals surface area contributed by atoms with E-state index in [2.05, 4.69) is 32.7 Å². The summed E-state index contributed by atoms with van der Waals surface area (Å²) in [5.74, 6) is -0.996. The Morgan fingerprint density at radius 3 is 2.61 bits per heavy atom. The number of thiophene rings is 1. The summed E-state index contributed by atoms with van der Waals surface area (Å²) in [7, 11) is 0. The molecule has 0 bridgehead atoms. The zero-order valence-corrected chi connectivity index (χ0v) is 18.6. The van der Waals surface area contributed by atoms with E-state index < -0.39 is 12.0 Å². The van der Waals surface area contributed by atoms with E-state index in [0.717, 1.165) is 36.1 Å². The van der Waals surface area contributed by atoms with Gasteiger partial charge in [-0.05, 0) is 23.6 Å². The molecule has 0 spiro atoms. The van der Waals surface area contributed by atoms with Crippen molar-refractivity contribution in [2.24, 2.45) is 5.92 Å². The molecule has 31 heavy (non-hydrogen) atoms. The number of hydrogen-bond acceptors (Lipinski definition) is 5. The molecule has 1 amide bonds. The molecule has 1 atom stereocenters. The molecule has 0 saturated carbocycles. The minimum atomic E-state index is -0.843. The zero-order chi connectivity index (χ0) is 22.0. The van der Waals surface area contributed by atoms with E-state index in [4.69, 9.17) is 0 Å². The van der Waals surface area contributed by atoms with Crippen LogP contribution in [0, 0.1) is 5.92 Å². The highest BCUT2D eigenvalue weighted by Crippen LogP contribution is 2.31. The Hall–Kier alpha value is -2.68. The van der Waals surface area contributed by atoms with Gasteiger partial charge in [0.2, 0.25) is 5.91 Å². The number of nitrogens with zero attached hydrogens (tertiary/aromatic N) is 2. The number of piperazine rings is 1. The van der Waals surface area contributed by atoms with Crippen LogP contribution in [-0.2, 0) is 16.1 Å². The Morgan fingerprint density at radius 2 is 1.97 bits per heavy atom. The molecule has 4 rings (SSSR count). The van der Waals surface area contributed by atoms with Crippen LogP contribution in [0.25, 0.3) is 10.9 Å². The molecule has 0 aliphatic carbocycles. The molecule has 3 heterocycles. The summed E-state index contributed by atoms with van der Waals surface area (Å²) >= 11 is 1.75. The van der Waals surface area contributed by atoms with Crippen molar-refractivity contribution in [1.29, 1.82) is 0 Å². The second-order valence-corrected chi connectivity index (χ2v) is 9.31. The average Bonchev–Trinajstić information content (AvgIpc) is 3.39. The Bertz CT molecular complexity index is 1050. The van der Waals surface area contributed by atoms with Crippen molar-refractivity contribution in [3.63, 3.8) is 0 Å². The van der Waals surface area contributed by atoms with E-state index in [-0.39, 0.29) is 11.8 Å². The molecular formula is C23H28N4O3S. The molecular weight excluding hydrogens is 412 g/mol. The van der Waals surface area contributed by atoms with Crippen molar-refractivity contribution in [3.05, 3.63) is 52.3 Å². The van der Waals surface area contributed by atoms with Gasteiger partial charge in [0, 0.05) is 71.9 Å². The van der Waals surface area contributed by atoms with Crippen LogP contribution in [0.1, 0.15) is 30.3 Å². The Labute approximate surface area is 185 Å². The lowest BCUT2D eigenvalue weighted by molar-refractivity contribution is -0.144. The zero-order valence-electron chi connectivity index (χ0n) is 17.8. The third kappa shape index (κ3) is 4.81. The number of carboxylic acid groups (broad SMARTS) is 1. The van der Waals surface area contributed by atoms with E-state index in [1.54, 1.807) is 17.5 Å². The first kappa shape index (κ1) is 21.5. The number of nitrogens with one attached hydrogen (secondary N) is 2. The number of anilines is 1. The van der Waals surface area contributed by atoms with Gasteiger partial charge < -0.3 is 15.4 Å². The van der Waals surface area contributed by atoms with Gasteiger partial charge in [-0.3, -0.25) is 19.4 Å². The molecule has 8 heteroatoms. The number of H-pyrrole nitrogens is 1. The highest BCUT2D eigenvalue weighted by atomic mass is 32.1. The first-order valence-corrected chi connectivity index (χ1v) is 11.4. The van der Waals surface area contributed by atoms with Crippen molar-refractivity contribution in [2.45, 2.75) is 26.4 Å². The van der Waals surface area contributed by atoms with Crippen LogP contribution in [0.3, 0.4) is 0 Å². The largest absolute Gasteiger partial charge is 0.480 e. The van der Waals surface area contributed by atoms with Crippen LogP contribution in [0.5, 0.6) is 0 Å². The fraction of sp³-hybridized carbons (Fsp3) is 0.391. The fourth-order valence-corrected chi connectivity index (χ4v) is 4.77. The Kier molecular flexibility index (Phi) is 6.41. The molecule has 2 aromatic heterocycles. The molecule has 164 valence electrons. The number of amides is 1. The maximum Gasteiger partial charge on any atom is 0.325 e. The van der Waals surface area contributed by atoms with E-state index in [1.807, 2.05) is 36.9 Å². The van der Waals surface area contributed by atoms with Crippen LogP contribution in [-0.4, -0.2) is 57.9 Å². The van der Waals surface area contributed by atoms with Gasteiger partial charge in [0.05, 0.1) is 0 Å². The Morgan fingerprint density at radius 1 is 1.19 bits per heavy atom. The van der Waals surface area contributed by atoms with Crippen LogP contribution < -0.4 is 5.32 Å². The minimum Gasteiger partial charge on any atom is -0.480 e. The highest BCUT2D eigenvalue weighted by molar-refractivity contribution is 7.09. The number of carbonyl (C=O) groups is 2. The lowest BCUT2D eigenvalue weighted by atomic mass is 10.0. The molecule has 3 N–H and O–H groups in total. The lowest BCUT2D eigenvalue weighted by Gasteiger charge is -2.37. The van der Waals surface area contributed by atoms with Crippen molar-refractivity contribution in [1.82, 2.24) is 14.8 Å². The number of aromatic nitrogens is 1. The summed E-state index contributed by atoms with van der Waals surface area (Å²) in [6.07, 6.45) is 1.79. The maximum absolute atomic E-state index is 12.2. The van der Waals surface area contributed by atoms with Gasteiger partial charge in [0.15, 0.2) is 0 Å². The molecule has 1 aliphatic heterocycles. The van der Waals surface area contributed by atoms with E-state index in [0.29, 0.717) is 18.8 Å². The first-order valence-electron chi connectivity index (χ1n) is 10.6. The van der Waals surface area contributed by atoms with E-state index in [9.17, 15) is 14.7 Å². The average molecular weight is 441 g/mol. The fourth-order valence-electron chi connectivity index (χ4n) is 4.03. The topological polar surface area (TPSA) is 88.7 Å². The number of carboxylic acids is 1. The molecule has 0 unspecified atom stereocenters. The van der Waals surface area contributed by atoms with Crippen LogP contribution >= 0.6 is 11.3 Å². The number of benzene rings is 1. The summed E-state index contributed by atoms with van der Waals surface area (Å²) in [6.45, 7) is 7.71. The summed E-state index contributed by atoms with van der Waals surface area (Å²) in [6, 6.07) is 9.08. The number of fused-ring (bicyclic) bond motifs is 1. The maximum atomic E-state index is 12.2. The van der Waals surface area contributed by atoms with Gasteiger partial charge in [-0.15, -0.1) is 11.3 Å². The van der Waals surface area contributed by atoms with Gasteiger partial charge in [0.25, 0.3) is 0 Å². The minimum absolute atomic E-state index is 0.0463. The molecule has 1 aliphatic rings. The number of aliphatic carboxylic acids is 1. The second-order valence-electron chi connectivity index (χ2n) is 8.28. The van der Waals surface area contributed by atoms with Gasteiger partial charge >= 0.3 is 5.97 Å². The molecule has 7 nitrogen and oxygen atoms in total. The quantitative estimate of drug-likeness (QED) is 0.521. The molecule has 0 radical (unpaired) electrons. The summed E-state index contributed by atoms with van der Waals surface area (Å²) < 4.78 is 0. The third-order valence-electron chi connectivity index (χ3n) is 5.77. The smallest absolute Gasteiger partial charge is 0.325 e. The molecule has 1 fully saturated rings. The number of hydrogen-bond donors (Lipinski definition) is 3. The summed E-state index contributed by atoms with van der Waals surface area (Å²) in [5.41, 5.74) is 2.28. The predicted octanol–water partition coefficient (Wildman–Crippen LogP) is 3.77. The lowest BCUT2D eigenvalue weighted by Crippen LogP contribution is -2.48.